The lowest BCUT2D eigenvalue weighted by molar-refractivity contribution is 0.324. The molecule has 2 heterocycles. The van der Waals surface area contributed by atoms with Crippen molar-refractivity contribution >= 4 is 46.4 Å². The van der Waals surface area contributed by atoms with E-state index in [2.05, 4.69) is 67.5 Å². The molecule has 0 atom stereocenters. The third-order valence-corrected chi connectivity index (χ3v) is 6.57. The zero-order chi connectivity index (χ0) is 23.2. The van der Waals surface area contributed by atoms with Crippen LogP contribution in [0.3, 0.4) is 0 Å². The fraction of sp³-hybridized carbons (Fsp3) is 0.346. The van der Waals surface area contributed by atoms with E-state index in [1.807, 2.05) is 18.3 Å². The molecule has 0 spiro atoms. The van der Waals surface area contributed by atoms with Crippen LogP contribution in [0.25, 0.3) is 11.3 Å². The first-order chi connectivity index (χ1) is 16.1. The van der Waals surface area contributed by atoms with Gasteiger partial charge >= 0.3 is 0 Å². The van der Waals surface area contributed by atoms with E-state index in [0.717, 1.165) is 48.2 Å². The molecule has 1 fully saturated rings. The third-order valence-electron chi connectivity index (χ3n) is 6.05. The lowest BCUT2D eigenvalue weighted by Gasteiger charge is -2.36. The summed E-state index contributed by atoms with van der Waals surface area (Å²) in [6, 6.07) is 17.2. The number of nitrogens with one attached hydrogen (secondary N) is 1. The van der Waals surface area contributed by atoms with Gasteiger partial charge in [-0.3, -0.25) is 4.98 Å². The Hall–Kier alpha value is -2.19. The molecular weight excluding hydrogens is 553 g/mol. The van der Waals surface area contributed by atoms with Gasteiger partial charge in [-0.15, -0.1) is 24.8 Å². The monoisotopic (exact) mass is 583 g/mol. The number of nitrogens with zero attached hydrogens (tertiary/aromatic N) is 2. The van der Waals surface area contributed by atoms with E-state index in [-0.39, 0.29) is 24.8 Å². The van der Waals surface area contributed by atoms with Gasteiger partial charge in [-0.05, 0) is 80.0 Å². The van der Waals surface area contributed by atoms with Gasteiger partial charge in [0.15, 0.2) is 11.5 Å². The number of hydrogen-bond donors (Lipinski definition) is 1. The normalized spacial score (nSPS) is 13.3. The molecule has 1 saturated heterocycles. The first-order valence-electron chi connectivity index (χ1n) is 11.1. The first kappa shape index (κ1) is 29.0. The molecule has 35 heavy (non-hydrogen) atoms. The van der Waals surface area contributed by atoms with Crippen LogP contribution < -0.4 is 24.4 Å². The Balaban J connectivity index is 0.00000216. The number of rotatable bonds is 8. The van der Waals surface area contributed by atoms with Crippen LogP contribution in [0.5, 0.6) is 17.2 Å². The highest BCUT2D eigenvalue weighted by Gasteiger charge is 2.22. The number of benzene rings is 2. The predicted octanol–water partition coefficient (Wildman–Crippen LogP) is 6.14. The number of pyridine rings is 1. The Morgan fingerprint density at radius 2 is 1.54 bits per heavy atom. The summed E-state index contributed by atoms with van der Waals surface area (Å²) in [5.74, 6) is 1.81. The first-order valence-corrected chi connectivity index (χ1v) is 11.9. The highest BCUT2D eigenvalue weighted by molar-refractivity contribution is 9.10. The maximum absolute atomic E-state index is 5.53. The van der Waals surface area contributed by atoms with Crippen LogP contribution >= 0.6 is 40.7 Å². The van der Waals surface area contributed by atoms with Crippen LogP contribution in [0.1, 0.15) is 18.4 Å². The number of methoxy groups -OCH3 is 3. The number of hydrogen-bond acceptors (Lipinski definition) is 6. The number of aromatic nitrogens is 1. The van der Waals surface area contributed by atoms with Crippen LogP contribution in [-0.2, 0) is 6.54 Å². The summed E-state index contributed by atoms with van der Waals surface area (Å²) in [4.78, 5) is 7.15. The molecule has 190 valence electrons. The highest BCUT2D eigenvalue weighted by Crippen LogP contribution is 2.41. The number of anilines is 1. The van der Waals surface area contributed by atoms with Crippen LogP contribution in [0.4, 0.5) is 5.69 Å². The van der Waals surface area contributed by atoms with Crippen molar-refractivity contribution in [1.29, 1.82) is 0 Å². The van der Waals surface area contributed by atoms with Gasteiger partial charge in [-0.25, -0.2) is 0 Å². The van der Waals surface area contributed by atoms with Crippen molar-refractivity contribution in [2.45, 2.75) is 25.4 Å². The lowest BCUT2D eigenvalue weighted by atomic mass is 10.0. The fourth-order valence-corrected chi connectivity index (χ4v) is 4.60. The van der Waals surface area contributed by atoms with Crippen molar-refractivity contribution in [3.05, 3.63) is 64.8 Å². The third kappa shape index (κ3) is 6.94. The minimum atomic E-state index is 0. The van der Waals surface area contributed by atoms with Gasteiger partial charge in [0.2, 0.25) is 5.75 Å². The Bertz CT molecular complexity index is 1050. The van der Waals surface area contributed by atoms with Crippen LogP contribution in [0, 0.1) is 0 Å². The summed E-state index contributed by atoms with van der Waals surface area (Å²) in [6.07, 6.45) is 4.12. The van der Waals surface area contributed by atoms with E-state index in [1.54, 1.807) is 21.3 Å². The second-order valence-corrected chi connectivity index (χ2v) is 8.96. The molecule has 9 heteroatoms. The second-order valence-electron chi connectivity index (χ2n) is 8.05. The second kappa shape index (κ2) is 13.8. The fourth-order valence-electron chi connectivity index (χ4n) is 4.34. The van der Waals surface area contributed by atoms with Crippen molar-refractivity contribution < 1.29 is 14.2 Å². The van der Waals surface area contributed by atoms with E-state index in [1.165, 1.54) is 11.3 Å². The molecule has 3 aromatic rings. The van der Waals surface area contributed by atoms with Crippen molar-refractivity contribution in [3.8, 4) is 28.5 Å². The highest BCUT2D eigenvalue weighted by atomic mass is 79.9. The quantitative estimate of drug-likeness (QED) is 0.343. The molecule has 1 N–H and O–H groups in total. The van der Waals surface area contributed by atoms with E-state index < -0.39 is 0 Å². The minimum absolute atomic E-state index is 0. The smallest absolute Gasteiger partial charge is 0.203 e. The standard InChI is InChI=1S/C26H30BrN3O3.2ClH/c1-31-24-15-19(16-25(32-2)26(24)33-3)23-14-18(8-13-29-23)17-30(22-9-11-28-12-10-22)21-6-4-20(27)5-7-21;;/h4-8,13-16,22,28H,9-12,17H2,1-3H3;2*1H. The van der Waals surface area contributed by atoms with Crippen molar-refractivity contribution in [3.63, 3.8) is 0 Å². The zero-order valence-corrected chi connectivity index (χ0v) is 23.3. The average Bonchev–Trinajstić information content (AvgIpc) is 2.87. The number of ether oxygens (including phenoxy) is 3. The van der Waals surface area contributed by atoms with Gasteiger partial charge in [0.1, 0.15) is 0 Å². The molecule has 4 rings (SSSR count). The van der Waals surface area contributed by atoms with E-state index in [9.17, 15) is 0 Å². The van der Waals surface area contributed by atoms with Crippen LogP contribution in [-0.4, -0.2) is 45.4 Å². The van der Waals surface area contributed by atoms with E-state index >= 15 is 0 Å². The molecule has 0 bridgehead atoms. The molecule has 0 aliphatic carbocycles. The molecule has 1 aliphatic rings. The molecule has 1 aromatic heterocycles. The van der Waals surface area contributed by atoms with Gasteiger partial charge in [-0.2, -0.15) is 0 Å². The largest absolute Gasteiger partial charge is 0.493 e. The summed E-state index contributed by atoms with van der Waals surface area (Å²) in [7, 11) is 4.86. The van der Waals surface area contributed by atoms with Gasteiger partial charge in [0, 0.05) is 34.5 Å². The molecular formula is C26H32BrCl2N3O3. The molecule has 6 nitrogen and oxygen atoms in total. The van der Waals surface area contributed by atoms with E-state index in [4.69, 9.17) is 14.2 Å². The topological polar surface area (TPSA) is 55.9 Å². The lowest BCUT2D eigenvalue weighted by Crippen LogP contribution is -2.43. The Morgan fingerprint density at radius 3 is 2.11 bits per heavy atom. The van der Waals surface area contributed by atoms with Gasteiger partial charge in [0.25, 0.3) is 0 Å². The van der Waals surface area contributed by atoms with Crippen molar-refractivity contribution in [2.24, 2.45) is 0 Å². The average molecular weight is 585 g/mol. The molecule has 2 aromatic carbocycles. The predicted molar refractivity (Wildman–Crippen MR) is 150 cm³/mol. The van der Waals surface area contributed by atoms with Crippen LogP contribution in [0.2, 0.25) is 0 Å². The van der Waals surface area contributed by atoms with Gasteiger partial charge in [0.05, 0.1) is 27.0 Å². The summed E-state index contributed by atoms with van der Waals surface area (Å²) < 4.78 is 17.6. The number of halogens is 3. The minimum Gasteiger partial charge on any atom is -0.493 e. The molecule has 0 saturated carbocycles. The van der Waals surface area contributed by atoms with Gasteiger partial charge < -0.3 is 24.4 Å². The molecule has 1 aliphatic heterocycles. The maximum atomic E-state index is 5.53. The van der Waals surface area contributed by atoms with E-state index in [0.29, 0.717) is 23.3 Å². The Morgan fingerprint density at radius 1 is 0.914 bits per heavy atom. The molecule has 0 amide bonds. The van der Waals surface area contributed by atoms with Crippen molar-refractivity contribution in [2.75, 3.05) is 39.3 Å². The molecule has 0 unspecified atom stereocenters. The SMILES string of the molecule is COc1cc(-c2cc(CN(c3ccc(Br)cc3)C3CCNCC3)ccn2)cc(OC)c1OC.Cl.Cl. The summed E-state index contributed by atoms with van der Waals surface area (Å²) >= 11 is 3.56. The summed E-state index contributed by atoms with van der Waals surface area (Å²) in [5.41, 5.74) is 4.22. The summed E-state index contributed by atoms with van der Waals surface area (Å²) in [6.45, 7) is 2.90. The zero-order valence-electron chi connectivity index (χ0n) is 20.1. The van der Waals surface area contributed by atoms with Crippen LogP contribution in [0.15, 0.2) is 59.2 Å². The number of piperidine rings is 1. The summed E-state index contributed by atoms with van der Waals surface area (Å²) in [5, 5.41) is 3.48. The maximum Gasteiger partial charge on any atom is 0.203 e. The van der Waals surface area contributed by atoms with Gasteiger partial charge in [-0.1, -0.05) is 15.9 Å². The Labute approximate surface area is 228 Å². The van der Waals surface area contributed by atoms with Crippen molar-refractivity contribution in [1.82, 2.24) is 10.3 Å². The Kier molecular flexibility index (Phi) is 11.4. The molecule has 0 radical (unpaired) electrons.